The number of ether oxygens (including phenoxy) is 1. The highest BCUT2D eigenvalue weighted by molar-refractivity contribution is 9.10. The summed E-state index contributed by atoms with van der Waals surface area (Å²) >= 11 is 8.83. The molecular weight excluding hydrogens is 348 g/mol. The van der Waals surface area contributed by atoms with Crippen LogP contribution in [0.5, 0.6) is 0 Å². The molecule has 1 aromatic heterocycles. The molecule has 0 aliphatic heterocycles. The maximum absolute atomic E-state index is 12.1. The third kappa shape index (κ3) is 3.49. The van der Waals surface area contributed by atoms with Crippen molar-refractivity contribution in [2.45, 2.75) is 13.0 Å². The van der Waals surface area contributed by atoms with E-state index in [1.165, 1.54) is 13.0 Å². The van der Waals surface area contributed by atoms with Gasteiger partial charge in [0.2, 0.25) is 11.5 Å². The van der Waals surface area contributed by atoms with E-state index >= 15 is 0 Å². The molecular formula is C14H10BrClO4. The Morgan fingerprint density at radius 2 is 1.85 bits per heavy atom. The first-order chi connectivity index (χ1) is 9.47. The number of hydrogen-bond acceptors (Lipinski definition) is 4. The number of halogens is 2. The van der Waals surface area contributed by atoms with Crippen LogP contribution in [0.1, 0.15) is 27.8 Å². The van der Waals surface area contributed by atoms with Crippen LogP contribution < -0.4 is 0 Å². The smallest absolute Gasteiger partial charge is 0.374 e. The lowest BCUT2D eigenvalue weighted by molar-refractivity contribution is 0.0288. The van der Waals surface area contributed by atoms with Gasteiger partial charge in [0, 0.05) is 10.6 Å². The maximum atomic E-state index is 12.1. The SMILES string of the molecule is C[C@H](OC(=O)c1ccc(Br)o1)C(=O)c1ccc(Cl)cc1. The van der Waals surface area contributed by atoms with Gasteiger partial charge >= 0.3 is 5.97 Å². The number of carbonyl (C=O) groups excluding carboxylic acids is 2. The second-order valence-electron chi connectivity index (χ2n) is 4.02. The van der Waals surface area contributed by atoms with Crippen molar-refractivity contribution in [3.63, 3.8) is 0 Å². The van der Waals surface area contributed by atoms with E-state index < -0.39 is 12.1 Å². The van der Waals surface area contributed by atoms with Crippen molar-refractivity contribution in [3.8, 4) is 0 Å². The van der Waals surface area contributed by atoms with Crippen LogP contribution >= 0.6 is 27.5 Å². The van der Waals surface area contributed by atoms with Gasteiger partial charge < -0.3 is 9.15 Å². The molecule has 1 atom stereocenters. The monoisotopic (exact) mass is 356 g/mol. The van der Waals surface area contributed by atoms with E-state index in [0.29, 0.717) is 15.3 Å². The molecule has 1 heterocycles. The van der Waals surface area contributed by atoms with Gasteiger partial charge in [-0.25, -0.2) is 4.79 Å². The second-order valence-corrected chi connectivity index (χ2v) is 5.24. The predicted molar refractivity (Wildman–Crippen MR) is 77.1 cm³/mol. The standard InChI is InChI=1S/C14H10BrClO4/c1-8(13(17)9-2-4-10(16)5-3-9)19-14(18)11-6-7-12(15)20-11/h2-8H,1H3/t8-/m0/s1. The van der Waals surface area contributed by atoms with E-state index in [4.69, 9.17) is 20.8 Å². The summed E-state index contributed by atoms with van der Waals surface area (Å²) in [6.07, 6.45) is -0.910. The summed E-state index contributed by atoms with van der Waals surface area (Å²) in [6, 6.07) is 9.41. The Morgan fingerprint density at radius 3 is 2.40 bits per heavy atom. The molecule has 20 heavy (non-hydrogen) atoms. The number of esters is 1. The number of furan rings is 1. The van der Waals surface area contributed by atoms with Gasteiger partial charge in [-0.15, -0.1) is 0 Å². The average Bonchev–Trinajstić information content (AvgIpc) is 2.85. The van der Waals surface area contributed by atoms with Gasteiger partial charge in [-0.1, -0.05) is 11.6 Å². The molecule has 0 bridgehead atoms. The molecule has 2 aromatic rings. The molecule has 4 nitrogen and oxygen atoms in total. The van der Waals surface area contributed by atoms with Gasteiger partial charge in [0.15, 0.2) is 10.8 Å². The number of ketones is 1. The van der Waals surface area contributed by atoms with Crippen LogP contribution in [0.4, 0.5) is 0 Å². The van der Waals surface area contributed by atoms with Crippen molar-refractivity contribution in [2.75, 3.05) is 0 Å². The fourth-order valence-corrected chi connectivity index (χ4v) is 1.98. The minimum absolute atomic E-state index is 0.0348. The molecule has 0 aliphatic carbocycles. The van der Waals surface area contributed by atoms with Crippen LogP contribution in [0, 0.1) is 0 Å². The number of benzene rings is 1. The van der Waals surface area contributed by atoms with Gasteiger partial charge in [-0.3, -0.25) is 4.79 Å². The highest BCUT2D eigenvalue weighted by atomic mass is 79.9. The van der Waals surface area contributed by atoms with Crippen LogP contribution in [-0.2, 0) is 4.74 Å². The first kappa shape index (κ1) is 14.8. The van der Waals surface area contributed by atoms with Gasteiger partial charge in [0.1, 0.15) is 0 Å². The van der Waals surface area contributed by atoms with Crippen LogP contribution in [0.25, 0.3) is 0 Å². The first-order valence-corrected chi connectivity index (χ1v) is 6.90. The molecule has 0 aliphatic rings. The molecule has 0 fully saturated rings. The van der Waals surface area contributed by atoms with Crippen molar-refractivity contribution >= 4 is 39.3 Å². The Kier molecular flexibility index (Phi) is 4.62. The first-order valence-electron chi connectivity index (χ1n) is 5.73. The molecule has 0 spiro atoms. The van der Waals surface area contributed by atoms with Crippen LogP contribution in [-0.4, -0.2) is 17.9 Å². The van der Waals surface area contributed by atoms with Gasteiger partial charge in [-0.2, -0.15) is 0 Å². The molecule has 2 rings (SSSR count). The minimum Gasteiger partial charge on any atom is -0.448 e. The van der Waals surface area contributed by atoms with E-state index in [-0.39, 0.29) is 11.5 Å². The zero-order valence-electron chi connectivity index (χ0n) is 10.4. The van der Waals surface area contributed by atoms with E-state index in [1.807, 2.05) is 0 Å². The number of carbonyl (C=O) groups is 2. The fraction of sp³-hybridized carbons (Fsp3) is 0.143. The highest BCUT2D eigenvalue weighted by Gasteiger charge is 2.22. The normalized spacial score (nSPS) is 11.9. The Balaban J connectivity index is 2.04. The minimum atomic E-state index is -0.910. The molecule has 0 radical (unpaired) electrons. The maximum Gasteiger partial charge on any atom is 0.374 e. The summed E-state index contributed by atoms with van der Waals surface area (Å²) in [6.45, 7) is 1.51. The molecule has 1 aromatic carbocycles. The molecule has 0 amide bonds. The van der Waals surface area contributed by atoms with Crippen molar-refractivity contribution in [1.29, 1.82) is 0 Å². The summed E-state index contributed by atoms with van der Waals surface area (Å²) in [5.41, 5.74) is 0.426. The van der Waals surface area contributed by atoms with E-state index in [0.717, 1.165) is 0 Å². The highest BCUT2D eigenvalue weighted by Crippen LogP contribution is 2.17. The second kappa shape index (κ2) is 6.24. The zero-order chi connectivity index (χ0) is 14.7. The number of rotatable bonds is 4. The Bertz CT molecular complexity index is 633. The van der Waals surface area contributed by atoms with Crippen LogP contribution in [0.2, 0.25) is 5.02 Å². The van der Waals surface area contributed by atoms with E-state index in [1.54, 1.807) is 30.3 Å². The quantitative estimate of drug-likeness (QED) is 0.610. The molecule has 6 heteroatoms. The molecule has 0 unspecified atom stereocenters. The van der Waals surface area contributed by atoms with Crippen LogP contribution in [0.15, 0.2) is 45.5 Å². The molecule has 0 saturated heterocycles. The zero-order valence-corrected chi connectivity index (χ0v) is 12.8. The Morgan fingerprint density at radius 1 is 1.20 bits per heavy atom. The van der Waals surface area contributed by atoms with E-state index in [9.17, 15) is 9.59 Å². The number of Topliss-reactive ketones (excluding diaryl/α,β-unsaturated/α-hetero) is 1. The van der Waals surface area contributed by atoms with Crippen molar-refractivity contribution in [1.82, 2.24) is 0 Å². The Hall–Kier alpha value is -1.59. The molecule has 104 valence electrons. The lowest BCUT2D eigenvalue weighted by Crippen LogP contribution is -2.24. The summed E-state index contributed by atoms with van der Waals surface area (Å²) < 4.78 is 10.5. The van der Waals surface area contributed by atoms with Gasteiger partial charge in [0.05, 0.1) is 0 Å². The third-order valence-electron chi connectivity index (χ3n) is 2.56. The lowest BCUT2D eigenvalue weighted by Gasteiger charge is -2.11. The topological polar surface area (TPSA) is 56.5 Å². The van der Waals surface area contributed by atoms with Gasteiger partial charge in [-0.05, 0) is 59.3 Å². The average molecular weight is 358 g/mol. The molecule has 0 N–H and O–H groups in total. The summed E-state index contributed by atoms with van der Waals surface area (Å²) in [4.78, 5) is 23.8. The lowest BCUT2D eigenvalue weighted by atomic mass is 10.1. The fourth-order valence-electron chi connectivity index (χ4n) is 1.55. The number of hydrogen-bond donors (Lipinski definition) is 0. The van der Waals surface area contributed by atoms with Crippen molar-refractivity contribution in [2.24, 2.45) is 0 Å². The van der Waals surface area contributed by atoms with Crippen LogP contribution in [0.3, 0.4) is 0 Å². The largest absolute Gasteiger partial charge is 0.448 e. The summed E-state index contributed by atoms with van der Waals surface area (Å²) in [7, 11) is 0. The Labute approximate surface area is 128 Å². The van der Waals surface area contributed by atoms with Gasteiger partial charge in [0.25, 0.3) is 0 Å². The van der Waals surface area contributed by atoms with Crippen molar-refractivity contribution in [3.05, 3.63) is 57.4 Å². The van der Waals surface area contributed by atoms with E-state index in [2.05, 4.69) is 15.9 Å². The summed E-state index contributed by atoms with van der Waals surface area (Å²) in [5.74, 6) is -0.959. The summed E-state index contributed by atoms with van der Waals surface area (Å²) in [5, 5.41) is 0.534. The molecule has 0 saturated carbocycles. The third-order valence-corrected chi connectivity index (χ3v) is 3.23. The predicted octanol–water partition coefficient (Wildman–Crippen LogP) is 4.12. The van der Waals surface area contributed by atoms with Crippen molar-refractivity contribution < 1.29 is 18.7 Å².